The number of nitrogens with one attached hydrogen (secondary N) is 1. The first-order valence-electron chi connectivity index (χ1n) is 2.98. The number of aromatic nitrogens is 1. The summed E-state index contributed by atoms with van der Waals surface area (Å²) in [5.41, 5.74) is 1.58. The fourth-order valence-corrected chi connectivity index (χ4v) is 0.983. The lowest BCUT2D eigenvalue weighted by atomic mass is 10.2. The van der Waals surface area contributed by atoms with Crippen molar-refractivity contribution in [2.45, 2.75) is 13.6 Å². The Morgan fingerprint density at radius 2 is 2.40 bits per heavy atom. The molecule has 0 aromatic carbocycles. The Bertz CT molecular complexity index is 279. The molecule has 0 radical (unpaired) electrons. The van der Waals surface area contributed by atoms with E-state index in [1.807, 2.05) is 6.92 Å². The van der Waals surface area contributed by atoms with Crippen LogP contribution in [0.4, 0.5) is 4.39 Å². The summed E-state index contributed by atoms with van der Waals surface area (Å²) in [6, 6.07) is 1.75. The average Bonchev–Trinajstić information content (AvgIpc) is 1.88. The lowest BCUT2D eigenvalue weighted by Gasteiger charge is -1.97. The van der Waals surface area contributed by atoms with Gasteiger partial charge < -0.3 is 4.98 Å². The van der Waals surface area contributed by atoms with Gasteiger partial charge in [-0.3, -0.25) is 0 Å². The lowest BCUT2D eigenvalue weighted by Crippen LogP contribution is -1.86. The van der Waals surface area contributed by atoms with Crippen LogP contribution in [0.1, 0.15) is 11.1 Å². The van der Waals surface area contributed by atoms with E-state index in [1.54, 1.807) is 12.3 Å². The Balaban J connectivity index is 3.19. The highest BCUT2D eigenvalue weighted by Gasteiger charge is 1.94. The molecule has 1 heterocycles. The van der Waals surface area contributed by atoms with Crippen LogP contribution in [0.5, 0.6) is 0 Å². The van der Waals surface area contributed by atoms with E-state index < -0.39 is 6.67 Å². The van der Waals surface area contributed by atoms with E-state index in [2.05, 4.69) is 4.98 Å². The second kappa shape index (κ2) is 2.92. The SMILES string of the molecule is Cc1cc(=S)[nH]cc1CF. The quantitative estimate of drug-likeness (QED) is 0.619. The van der Waals surface area contributed by atoms with Gasteiger partial charge in [-0.05, 0) is 18.6 Å². The van der Waals surface area contributed by atoms with Gasteiger partial charge in [0.25, 0.3) is 0 Å². The molecule has 0 aliphatic heterocycles. The monoisotopic (exact) mass is 157 g/mol. The van der Waals surface area contributed by atoms with Crippen LogP contribution in [0.2, 0.25) is 0 Å². The standard InChI is InChI=1S/C7H8FNS/c1-5-2-7(10)9-4-6(5)3-8/h2,4H,3H2,1H3,(H,9,10). The average molecular weight is 157 g/mol. The summed E-state index contributed by atoms with van der Waals surface area (Å²) in [6.07, 6.45) is 1.61. The Morgan fingerprint density at radius 3 is 2.90 bits per heavy atom. The van der Waals surface area contributed by atoms with Gasteiger partial charge in [0, 0.05) is 11.8 Å². The molecule has 10 heavy (non-hydrogen) atoms. The number of halogens is 1. The summed E-state index contributed by atoms with van der Waals surface area (Å²) in [5.74, 6) is 0. The zero-order chi connectivity index (χ0) is 7.56. The number of aryl methyl sites for hydroxylation is 1. The fraction of sp³-hybridized carbons (Fsp3) is 0.286. The maximum atomic E-state index is 12.1. The minimum absolute atomic E-state index is 0.433. The van der Waals surface area contributed by atoms with Crippen molar-refractivity contribution in [2.24, 2.45) is 0 Å². The maximum absolute atomic E-state index is 12.1. The molecule has 0 unspecified atom stereocenters. The first kappa shape index (κ1) is 7.41. The summed E-state index contributed by atoms with van der Waals surface area (Å²) in [5, 5.41) is 0. The number of hydrogen-bond donors (Lipinski definition) is 1. The molecule has 0 spiro atoms. The van der Waals surface area contributed by atoms with E-state index in [-0.39, 0.29) is 0 Å². The van der Waals surface area contributed by atoms with Crippen molar-refractivity contribution in [1.82, 2.24) is 4.98 Å². The maximum Gasteiger partial charge on any atom is 0.116 e. The van der Waals surface area contributed by atoms with Gasteiger partial charge in [-0.1, -0.05) is 12.2 Å². The van der Waals surface area contributed by atoms with Crippen molar-refractivity contribution in [3.05, 3.63) is 28.0 Å². The number of hydrogen-bond acceptors (Lipinski definition) is 1. The van der Waals surface area contributed by atoms with Gasteiger partial charge in [0.1, 0.15) is 11.3 Å². The molecule has 1 aromatic heterocycles. The first-order chi connectivity index (χ1) is 4.74. The molecule has 0 bridgehead atoms. The van der Waals surface area contributed by atoms with E-state index in [0.717, 1.165) is 5.56 Å². The molecule has 0 aliphatic rings. The number of alkyl halides is 1. The van der Waals surface area contributed by atoms with Gasteiger partial charge in [0.15, 0.2) is 0 Å². The molecule has 0 atom stereocenters. The van der Waals surface area contributed by atoms with E-state index in [0.29, 0.717) is 10.2 Å². The van der Waals surface area contributed by atoms with Gasteiger partial charge in [0.2, 0.25) is 0 Å². The van der Waals surface area contributed by atoms with Crippen molar-refractivity contribution in [3.63, 3.8) is 0 Å². The lowest BCUT2D eigenvalue weighted by molar-refractivity contribution is 0.482. The van der Waals surface area contributed by atoms with Crippen LogP contribution in [0.25, 0.3) is 0 Å². The molecular weight excluding hydrogens is 149 g/mol. The number of aromatic amines is 1. The molecule has 54 valence electrons. The highest BCUT2D eigenvalue weighted by atomic mass is 32.1. The van der Waals surface area contributed by atoms with Crippen LogP contribution in [0.15, 0.2) is 12.3 Å². The zero-order valence-corrected chi connectivity index (χ0v) is 6.46. The summed E-state index contributed by atoms with van der Waals surface area (Å²) in [6.45, 7) is 1.41. The second-order valence-electron chi connectivity index (χ2n) is 2.14. The molecular formula is C7H8FNS. The van der Waals surface area contributed by atoms with Crippen LogP contribution >= 0.6 is 12.2 Å². The highest BCUT2D eigenvalue weighted by Crippen LogP contribution is 2.06. The predicted octanol–water partition coefficient (Wildman–Crippen LogP) is 2.52. The number of pyridine rings is 1. The van der Waals surface area contributed by atoms with E-state index >= 15 is 0 Å². The molecule has 0 aliphatic carbocycles. The smallest absolute Gasteiger partial charge is 0.116 e. The second-order valence-corrected chi connectivity index (χ2v) is 2.58. The minimum atomic E-state index is -0.433. The Morgan fingerprint density at radius 1 is 1.70 bits per heavy atom. The molecule has 0 saturated carbocycles. The summed E-state index contributed by atoms with van der Waals surface area (Å²) in [4.78, 5) is 2.77. The van der Waals surface area contributed by atoms with Gasteiger partial charge >= 0.3 is 0 Å². The van der Waals surface area contributed by atoms with Gasteiger partial charge in [-0.25, -0.2) is 4.39 Å². The fourth-order valence-electron chi connectivity index (χ4n) is 0.747. The van der Waals surface area contributed by atoms with Crippen LogP contribution in [-0.2, 0) is 6.67 Å². The van der Waals surface area contributed by atoms with E-state index in [1.165, 1.54) is 0 Å². The third-order valence-electron chi connectivity index (χ3n) is 1.39. The molecule has 1 aromatic rings. The molecule has 1 nitrogen and oxygen atoms in total. The van der Waals surface area contributed by atoms with Crippen molar-refractivity contribution in [2.75, 3.05) is 0 Å². The first-order valence-corrected chi connectivity index (χ1v) is 3.39. The largest absolute Gasteiger partial charge is 0.353 e. The van der Waals surface area contributed by atoms with Crippen molar-refractivity contribution < 1.29 is 4.39 Å². The summed E-state index contributed by atoms with van der Waals surface area (Å²) >= 11 is 4.83. The Kier molecular flexibility index (Phi) is 2.17. The zero-order valence-electron chi connectivity index (χ0n) is 5.65. The van der Waals surface area contributed by atoms with Gasteiger partial charge in [-0.15, -0.1) is 0 Å². The summed E-state index contributed by atoms with van der Waals surface area (Å²) < 4.78 is 12.7. The summed E-state index contributed by atoms with van der Waals surface area (Å²) in [7, 11) is 0. The van der Waals surface area contributed by atoms with Crippen molar-refractivity contribution >= 4 is 12.2 Å². The normalized spacial score (nSPS) is 9.80. The Labute approximate surface area is 63.9 Å². The van der Waals surface area contributed by atoms with E-state index in [9.17, 15) is 4.39 Å². The number of H-pyrrole nitrogens is 1. The van der Waals surface area contributed by atoms with Crippen LogP contribution in [0, 0.1) is 11.6 Å². The Hall–Kier alpha value is -0.700. The molecule has 0 saturated heterocycles. The van der Waals surface area contributed by atoms with Gasteiger partial charge in [-0.2, -0.15) is 0 Å². The van der Waals surface area contributed by atoms with Crippen LogP contribution < -0.4 is 0 Å². The predicted molar refractivity (Wildman–Crippen MR) is 41.2 cm³/mol. The van der Waals surface area contributed by atoms with Crippen molar-refractivity contribution in [1.29, 1.82) is 0 Å². The molecule has 0 fully saturated rings. The number of rotatable bonds is 1. The molecule has 1 N–H and O–H groups in total. The molecule has 1 rings (SSSR count). The topological polar surface area (TPSA) is 15.8 Å². The molecule has 0 amide bonds. The van der Waals surface area contributed by atoms with E-state index in [4.69, 9.17) is 12.2 Å². The van der Waals surface area contributed by atoms with Gasteiger partial charge in [0.05, 0.1) is 0 Å². The third-order valence-corrected chi connectivity index (χ3v) is 1.62. The van der Waals surface area contributed by atoms with Crippen LogP contribution in [-0.4, -0.2) is 4.98 Å². The highest BCUT2D eigenvalue weighted by molar-refractivity contribution is 7.71. The third kappa shape index (κ3) is 1.42. The van der Waals surface area contributed by atoms with Crippen LogP contribution in [0.3, 0.4) is 0 Å². The van der Waals surface area contributed by atoms with Crippen molar-refractivity contribution in [3.8, 4) is 0 Å². The minimum Gasteiger partial charge on any atom is -0.353 e. The molecule has 3 heteroatoms.